The number of nitrogens with zero attached hydrogens (tertiary/aromatic N) is 2. The van der Waals surface area contributed by atoms with Crippen LogP contribution in [0.25, 0.3) is 0 Å². The van der Waals surface area contributed by atoms with Crippen LogP contribution in [0.4, 0.5) is 11.4 Å². The Bertz CT molecular complexity index is 502. The fourth-order valence-corrected chi connectivity index (χ4v) is 2.55. The molecule has 2 rings (SSSR count). The van der Waals surface area contributed by atoms with Crippen molar-refractivity contribution in [3.63, 3.8) is 0 Å². The molecule has 0 saturated carbocycles. The molecule has 0 radical (unpaired) electrons. The second-order valence-electron chi connectivity index (χ2n) is 5.68. The summed E-state index contributed by atoms with van der Waals surface area (Å²) in [5, 5.41) is 13.8. The van der Waals surface area contributed by atoms with Crippen molar-refractivity contribution >= 4 is 11.4 Å². The Kier molecular flexibility index (Phi) is 4.25. The van der Waals surface area contributed by atoms with Crippen molar-refractivity contribution in [2.24, 2.45) is 0 Å². The molecule has 1 fully saturated rings. The van der Waals surface area contributed by atoms with Crippen molar-refractivity contribution in [2.45, 2.75) is 26.0 Å². The lowest BCUT2D eigenvalue weighted by atomic mass is 10.1. The maximum Gasteiger partial charge on any atom is 0.292 e. The minimum atomic E-state index is -0.368. The van der Waals surface area contributed by atoms with E-state index in [-0.39, 0.29) is 16.2 Å². The number of anilines is 1. The number of nitro groups is 1. The van der Waals surface area contributed by atoms with Crippen LogP contribution in [0, 0.1) is 10.1 Å². The lowest BCUT2D eigenvalue weighted by molar-refractivity contribution is -0.384. The standard InChI is InChI=1S/C14H21N3O3/c1-14(2)10-16(6-7-20-14)9-11-4-5-13(17(18)19)12(8-11)15-3/h4-5,8,15H,6-7,9-10H2,1-3H3. The molecule has 1 heterocycles. The van der Waals surface area contributed by atoms with Gasteiger partial charge in [0, 0.05) is 32.7 Å². The molecule has 1 aromatic rings. The van der Waals surface area contributed by atoms with Gasteiger partial charge in [0.15, 0.2) is 0 Å². The van der Waals surface area contributed by atoms with Crippen LogP contribution in [0.2, 0.25) is 0 Å². The number of morpholine rings is 1. The first-order chi connectivity index (χ1) is 9.41. The van der Waals surface area contributed by atoms with Gasteiger partial charge in [-0.05, 0) is 25.5 Å². The third-order valence-electron chi connectivity index (χ3n) is 3.44. The summed E-state index contributed by atoms with van der Waals surface area (Å²) in [6.45, 7) is 7.40. The van der Waals surface area contributed by atoms with Gasteiger partial charge >= 0.3 is 0 Å². The van der Waals surface area contributed by atoms with Gasteiger partial charge in [-0.25, -0.2) is 0 Å². The number of hydrogen-bond donors (Lipinski definition) is 1. The number of nitrogens with one attached hydrogen (secondary N) is 1. The maximum absolute atomic E-state index is 10.9. The second kappa shape index (κ2) is 5.76. The predicted octanol–water partition coefficient (Wildman–Crippen LogP) is 2.25. The molecule has 110 valence electrons. The van der Waals surface area contributed by atoms with E-state index in [1.807, 2.05) is 12.1 Å². The van der Waals surface area contributed by atoms with E-state index in [1.165, 1.54) is 0 Å². The van der Waals surface area contributed by atoms with Crippen molar-refractivity contribution in [1.82, 2.24) is 4.90 Å². The first-order valence-corrected chi connectivity index (χ1v) is 6.73. The Morgan fingerprint density at radius 2 is 2.25 bits per heavy atom. The van der Waals surface area contributed by atoms with E-state index in [4.69, 9.17) is 4.74 Å². The summed E-state index contributed by atoms with van der Waals surface area (Å²) in [5.41, 5.74) is 1.60. The molecule has 0 atom stereocenters. The minimum Gasteiger partial charge on any atom is -0.383 e. The molecule has 1 aliphatic heterocycles. The summed E-state index contributed by atoms with van der Waals surface area (Å²) in [5.74, 6) is 0. The van der Waals surface area contributed by atoms with E-state index < -0.39 is 0 Å². The minimum absolute atomic E-state index is 0.110. The lowest BCUT2D eigenvalue weighted by Crippen LogP contribution is -2.47. The molecule has 1 N–H and O–H groups in total. The highest BCUT2D eigenvalue weighted by Crippen LogP contribution is 2.26. The molecule has 0 aromatic heterocycles. The van der Waals surface area contributed by atoms with Gasteiger partial charge in [-0.1, -0.05) is 6.07 Å². The topological polar surface area (TPSA) is 67.6 Å². The predicted molar refractivity (Wildman–Crippen MR) is 78.0 cm³/mol. The third kappa shape index (κ3) is 3.46. The largest absolute Gasteiger partial charge is 0.383 e. The van der Waals surface area contributed by atoms with Crippen LogP contribution in [0.3, 0.4) is 0 Å². The molecule has 6 heteroatoms. The van der Waals surface area contributed by atoms with E-state index in [1.54, 1.807) is 13.1 Å². The number of nitro benzene ring substituents is 1. The van der Waals surface area contributed by atoms with E-state index in [9.17, 15) is 10.1 Å². The number of benzene rings is 1. The van der Waals surface area contributed by atoms with Crippen LogP contribution in [0.1, 0.15) is 19.4 Å². The van der Waals surface area contributed by atoms with Crippen LogP contribution < -0.4 is 5.32 Å². The van der Waals surface area contributed by atoms with E-state index >= 15 is 0 Å². The SMILES string of the molecule is CNc1cc(CN2CCOC(C)(C)C2)ccc1[N+](=O)[O-]. The molecular weight excluding hydrogens is 258 g/mol. The second-order valence-corrected chi connectivity index (χ2v) is 5.68. The average Bonchev–Trinajstić information content (AvgIpc) is 2.37. The van der Waals surface area contributed by atoms with Gasteiger partial charge in [0.05, 0.1) is 17.1 Å². The van der Waals surface area contributed by atoms with Crippen LogP contribution in [0.15, 0.2) is 18.2 Å². The monoisotopic (exact) mass is 279 g/mol. The smallest absolute Gasteiger partial charge is 0.292 e. The first-order valence-electron chi connectivity index (χ1n) is 6.73. The van der Waals surface area contributed by atoms with Crippen molar-refractivity contribution in [3.8, 4) is 0 Å². The molecule has 1 saturated heterocycles. The van der Waals surface area contributed by atoms with Crippen molar-refractivity contribution < 1.29 is 9.66 Å². The summed E-state index contributed by atoms with van der Waals surface area (Å²) >= 11 is 0. The van der Waals surface area contributed by atoms with Gasteiger partial charge in [-0.2, -0.15) is 0 Å². The summed E-state index contributed by atoms with van der Waals surface area (Å²) in [6, 6.07) is 5.23. The third-order valence-corrected chi connectivity index (χ3v) is 3.44. The average molecular weight is 279 g/mol. The van der Waals surface area contributed by atoms with Crippen LogP contribution in [0.5, 0.6) is 0 Å². The Morgan fingerprint density at radius 1 is 1.50 bits per heavy atom. The Balaban J connectivity index is 2.12. The summed E-state index contributed by atoms with van der Waals surface area (Å²) in [4.78, 5) is 12.8. The van der Waals surface area contributed by atoms with Crippen molar-refractivity contribution in [2.75, 3.05) is 32.1 Å². The zero-order valence-electron chi connectivity index (χ0n) is 12.2. The Labute approximate surface area is 118 Å². The van der Waals surface area contributed by atoms with Gasteiger partial charge in [-0.15, -0.1) is 0 Å². The van der Waals surface area contributed by atoms with Crippen molar-refractivity contribution in [1.29, 1.82) is 0 Å². The molecule has 6 nitrogen and oxygen atoms in total. The van der Waals surface area contributed by atoms with Crippen LogP contribution in [-0.4, -0.2) is 42.2 Å². The fourth-order valence-electron chi connectivity index (χ4n) is 2.55. The highest BCUT2D eigenvalue weighted by Gasteiger charge is 2.27. The summed E-state index contributed by atoms with van der Waals surface area (Å²) < 4.78 is 5.69. The van der Waals surface area contributed by atoms with Crippen LogP contribution in [-0.2, 0) is 11.3 Å². The molecule has 0 amide bonds. The van der Waals surface area contributed by atoms with E-state index in [0.29, 0.717) is 5.69 Å². The molecule has 1 aliphatic rings. The van der Waals surface area contributed by atoms with Gasteiger partial charge < -0.3 is 10.1 Å². The highest BCUT2D eigenvalue weighted by molar-refractivity contribution is 5.62. The zero-order chi connectivity index (χ0) is 14.8. The highest BCUT2D eigenvalue weighted by atomic mass is 16.6. The zero-order valence-corrected chi connectivity index (χ0v) is 12.2. The van der Waals surface area contributed by atoms with Crippen LogP contribution >= 0.6 is 0 Å². The lowest BCUT2D eigenvalue weighted by Gasteiger charge is -2.38. The number of rotatable bonds is 4. The molecule has 0 unspecified atom stereocenters. The van der Waals surface area contributed by atoms with Gasteiger partial charge in [0.2, 0.25) is 0 Å². The van der Waals surface area contributed by atoms with Gasteiger partial charge in [-0.3, -0.25) is 15.0 Å². The molecule has 1 aromatic carbocycles. The quantitative estimate of drug-likeness (QED) is 0.676. The summed E-state index contributed by atoms with van der Waals surface area (Å²) in [6.07, 6.45) is 0. The Morgan fingerprint density at radius 3 is 2.85 bits per heavy atom. The number of hydrogen-bond acceptors (Lipinski definition) is 5. The first kappa shape index (κ1) is 14.7. The molecule has 20 heavy (non-hydrogen) atoms. The van der Waals surface area contributed by atoms with Gasteiger partial charge in [0.25, 0.3) is 5.69 Å². The molecular formula is C14H21N3O3. The molecule has 0 aliphatic carbocycles. The number of ether oxygens (including phenoxy) is 1. The normalized spacial score (nSPS) is 18.8. The Hall–Kier alpha value is -1.66. The van der Waals surface area contributed by atoms with E-state index in [0.717, 1.165) is 31.8 Å². The summed E-state index contributed by atoms with van der Waals surface area (Å²) in [7, 11) is 1.70. The van der Waals surface area contributed by atoms with E-state index in [2.05, 4.69) is 24.1 Å². The van der Waals surface area contributed by atoms with Gasteiger partial charge in [0.1, 0.15) is 5.69 Å². The maximum atomic E-state index is 10.9. The fraction of sp³-hybridized carbons (Fsp3) is 0.571. The van der Waals surface area contributed by atoms with Crippen molar-refractivity contribution in [3.05, 3.63) is 33.9 Å². The molecule has 0 bridgehead atoms. The molecule has 0 spiro atoms.